The number of amides is 2. The van der Waals surface area contributed by atoms with Crippen LogP contribution in [0.3, 0.4) is 0 Å². The smallest absolute Gasteiger partial charge is 0.332 e. The van der Waals surface area contributed by atoms with E-state index in [1.807, 2.05) is 6.08 Å². The molecule has 0 aromatic carbocycles. The number of aliphatic hydroxyl groups excluding tert-OH is 1. The van der Waals surface area contributed by atoms with Crippen molar-refractivity contribution in [2.75, 3.05) is 13.2 Å². The number of hydrogen-bond donors (Lipinski definition) is 2. The Hall–Kier alpha value is -2.15. The van der Waals surface area contributed by atoms with E-state index in [0.717, 1.165) is 32.1 Å². The van der Waals surface area contributed by atoms with Gasteiger partial charge in [0.15, 0.2) is 0 Å². The lowest BCUT2D eigenvalue weighted by Gasteiger charge is -2.26. The number of rotatable bonds is 12. The van der Waals surface area contributed by atoms with E-state index in [0.29, 0.717) is 12.8 Å². The van der Waals surface area contributed by atoms with Crippen LogP contribution < -0.4 is 5.32 Å². The van der Waals surface area contributed by atoms with Gasteiger partial charge in [-0.1, -0.05) is 25.0 Å². The third kappa shape index (κ3) is 5.69. The Kier molecular flexibility index (Phi) is 8.44. The SMILES string of the molecule is C=CCCCCCCC(=O)N1C[C@H](O)C[C@H]1C(=O)N[C@]1(C(=O)OCC)C[C@H]1C=C. The van der Waals surface area contributed by atoms with E-state index in [1.165, 1.54) is 4.90 Å². The molecule has 2 N–H and O–H groups in total. The molecule has 2 fully saturated rings. The second-order valence-corrected chi connectivity index (χ2v) is 7.92. The minimum atomic E-state index is -1.09. The first-order valence-corrected chi connectivity index (χ1v) is 10.6. The highest BCUT2D eigenvalue weighted by molar-refractivity contribution is 5.95. The minimum Gasteiger partial charge on any atom is -0.464 e. The molecule has 162 valence electrons. The average Bonchev–Trinajstić information content (AvgIpc) is 3.27. The van der Waals surface area contributed by atoms with Gasteiger partial charge in [0.1, 0.15) is 11.6 Å². The number of ether oxygens (including phenoxy) is 1. The van der Waals surface area contributed by atoms with Crippen LogP contribution in [-0.4, -0.2) is 58.6 Å². The highest BCUT2D eigenvalue weighted by Gasteiger charge is 2.61. The number of esters is 1. The highest BCUT2D eigenvalue weighted by Crippen LogP contribution is 2.45. The standard InChI is InChI=1S/C22H34N2O5/c1-4-7-8-9-10-11-12-19(26)24-15-17(25)13-18(24)20(27)23-22(14-16(22)5-2)21(28)29-6-3/h4-5,16-18,25H,1-2,6-15H2,3H3,(H,23,27)/t16-,17-,18+,22-/m1/s1. The van der Waals surface area contributed by atoms with Gasteiger partial charge in [0, 0.05) is 25.3 Å². The Labute approximate surface area is 173 Å². The average molecular weight is 407 g/mol. The molecule has 0 bridgehead atoms. The molecule has 1 saturated carbocycles. The number of aliphatic hydroxyl groups is 1. The Morgan fingerprint density at radius 2 is 1.97 bits per heavy atom. The number of allylic oxidation sites excluding steroid dienone is 1. The van der Waals surface area contributed by atoms with E-state index in [1.54, 1.807) is 13.0 Å². The topological polar surface area (TPSA) is 95.9 Å². The van der Waals surface area contributed by atoms with Gasteiger partial charge < -0.3 is 20.1 Å². The lowest BCUT2D eigenvalue weighted by atomic mass is 10.1. The van der Waals surface area contributed by atoms with E-state index in [4.69, 9.17) is 4.74 Å². The Morgan fingerprint density at radius 1 is 1.24 bits per heavy atom. The molecule has 0 aromatic heterocycles. The number of β-amino-alcohol motifs (C(OH)–C–C–N with tert-alkyl or cyclic N) is 1. The van der Waals surface area contributed by atoms with E-state index in [9.17, 15) is 19.5 Å². The molecular weight excluding hydrogens is 372 g/mol. The molecule has 1 saturated heterocycles. The molecule has 0 aromatic rings. The summed E-state index contributed by atoms with van der Waals surface area (Å²) in [5.74, 6) is -1.21. The second kappa shape index (κ2) is 10.6. The monoisotopic (exact) mass is 406 g/mol. The zero-order valence-corrected chi connectivity index (χ0v) is 17.4. The van der Waals surface area contributed by atoms with Crippen LogP contribution >= 0.6 is 0 Å². The lowest BCUT2D eigenvalue weighted by Crippen LogP contribution is -2.53. The van der Waals surface area contributed by atoms with Crippen LogP contribution in [0.4, 0.5) is 0 Å². The number of hydrogen-bond acceptors (Lipinski definition) is 5. The number of nitrogens with one attached hydrogen (secondary N) is 1. The first kappa shape index (κ1) is 23.1. The predicted molar refractivity (Wildman–Crippen MR) is 110 cm³/mol. The van der Waals surface area contributed by atoms with Crippen LogP contribution in [0.2, 0.25) is 0 Å². The fourth-order valence-corrected chi connectivity index (χ4v) is 3.97. The van der Waals surface area contributed by atoms with Crippen LogP contribution in [0.15, 0.2) is 25.3 Å². The van der Waals surface area contributed by atoms with Crippen molar-refractivity contribution in [3.63, 3.8) is 0 Å². The summed E-state index contributed by atoms with van der Waals surface area (Å²) in [4.78, 5) is 39.4. The number of unbranched alkanes of at least 4 members (excludes halogenated alkanes) is 4. The van der Waals surface area contributed by atoms with Gasteiger partial charge in [0.05, 0.1) is 12.7 Å². The Morgan fingerprint density at radius 3 is 2.59 bits per heavy atom. The summed E-state index contributed by atoms with van der Waals surface area (Å²) in [5.41, 5.74) is -1.09. The summed E-state index contributed by atoms with van der Waals surface area (Å²) in [6.45, 7) is 9.48. The van der Waals surface area contributed by atoms with Crippen molar-refractivity contribution >= 4 is 17.8 Å². The van der Waals surface area contributed by atoms with E-state index >= 15 is 0 Å². The number of nitrogens with zero attached hydrogens (tertiary/aromatic N) is 1. The van der Waals surface area contributed by atoms with E-state index in [2.05, 4.69) is 18.5 Å². The summed E-state index contributed by atoms with van der Waals surface area (Å²) >= 11 is 0. The van der Waals surface area contributed by atoms with E-state index in [-0.39, 0.29) is 31.4 Å². The molecule has 1 heterocycles. The number of likely N-dealkylation sites (tertiary alicyclic amines) is 1. The van der Waals surface area contributed by atoms with Crippen LogP contribution in [0.25, 0.3) is 0 Å². The van der Waals surface area contributed by atoms with Gasteiger partial charge in [-0.2, -0.15) is 0 Å². The Bertz CT molecular complexity index is 635. The van der Waals surface area contributed by atoms with E-state index < -0.39 is 29.6 Å². The van der Waals surface area contributed by atoms with Crippen molar-refractivity contribution in [3.05, 3.63) is 25.3 Å². The number of carbonyl (C=O) groups is 3. The van der Waals surface area contributed by atoms with Gasteiger partial charge in [-0.3, -0.25) is 9.59 Å². The molecule has 0 radical (unpaired) electrons. The molecular formula is C22H34N2O5. The lowest BCUT2D eigenvalue weighted by molar-refractivity contribution is -0.150. The number of carbonyl (C=O) groups excluding carboxylic acids is 3. The molecule has 7 nitrogen and oxygen atoms in total. The van der Waals surface area contributed by atoms with Crippen molar-refractivity contribution in [2.24, 2.45) is 5.92 Å². The third-order valence-electron chi connectivity index (χ3n) is 5.74. The fraction of sp³-hybridized carbons (Fsp3) is 0.682. The second-order valence-electron chi connectivity index (χ2n) is 7.92. The molecule has 7 heteroatoms. The molecule has 1 aliphatic carbocycles. The zero-order valence-electron chi connectivity index (χ0n) is 17.4. The third-order valence-corrected chi connectivity index (χ3v) is 5.74. The van der Waals surface area contributed by atoms with Gasteiger partial charge in [-0.05, 0) is 32.6 Å². The van der Waals surface area contributed by atoms with Crippen molar-refractivity contribution in [1.82, 2.24) is 10.2 Å². The molecule has 2 amide bonds. The summed E-state index contributed by atoms with van der Waals surface area (Å²) in [7, 11) is 0. The molecule has 1 aliphatic heterocycles. The van der Waals surface area contributed by atoms with Crippen LogP contribution in [0, 0.1) is 5.92 Å². The van der Waals surface area contributed by atoms with Gasteiger partial charge in [0.25, 0.3) is 0 Å². The van der Waals surface area contributed by atoms with Gasteiger partial charge in [-0.15, -0.1) is 13.2 Å². The predicted octanol–water partition coefficient (Wildman–Crippen LogP) is 2.10. The summed E-state index contributed by atoms with van der Waals surface area (Å²) in [6.07, 6.45) is 8.52. The van der Waals surface area contributed by atoms with Crippen molar-refractivity contribution in [1.29, 1.82) is 0 Å². The summed E-state index contributed by atoms with van der Waals surface area (Å²) in [5, 5.41) is 12.8. The highest BCUT2D eigenvalue weighted by atomic mass is 16.5. The molecule has 29 heavy (non-hydrogen) atoms. The molecule has 0 spiro atoms. The molecule has 2 rings (SSSR count). The summed E-state index contributed by atoms with van der Waals surface area (Å²) < 4.78 is 5.12. The van der Waals surface area contributed by atoms with Crippen molar-refractivity contribution in [2.45, 2.75) is 76.0 Å². The van der Waals surface area contributed by atoms with Crippen LogP contribution in [-0.2, 0) is 19.1 Å². The van der Waals surface area contributed by atoms with Crippen molar-refractivity contribution < 1.29 is 24.2 Å². The molecule has 0 unspecified atom stereocenters. The maximum Gasteiger partial charge on any atom is 0.332 e. The largest absolute Gasteiger partial charge is 0.464 e. The van der Waals surface area contributed by atoms with Gasteiger partial charge in [0.2, 0.25) is 11.8 Å². The zero-order chi connectivity index (χ0) is 21.4. The van der Waals surface area contributed by atoms with Gasteiger partial charge >= 0.3 is 5.97 Å². The van der Waals surface area contributed by atoms with Gasteiger partial charge in [-0.25, -0.2) is 4.79 Å². The molecule has 4 atom stereocenters. The van der Waals surface area contributed by atoms with Crippen molar-refractivity contribution in [3.8, 4) is 0 Å². The minimum absolute atomic E-state index is 0.133. The quantitative estimate of drug-likeness (QED) is 0.294. The fourth-order valence-electron chi connectivity index (χ4n) is 3.97. The first-order valence-electron chi connectivity index (χ1n) is 10.6. The summed E-state index contributed by atoms with van der Waals surface area (Å²) in [6, 6.07) is -0.768. The maximum absolute atomic E-state index is 12.9. The normalized spacial score (nSPS) is 27.9. The van der Waals surface area contributed by atoms with Crippen LogP contribution in [0.5, 0.6) is 0 Å². The molecule has 2 aliphatic rings. The maximum atomic E-state index is 12.9. The van der Waals surface area contributed by atoms with Crippen LogP contribution in [0.1, 0.15) is 58.3 Å². The Balaban J connectivity index is 1.93. The first-order chi connectivity index (χ1) is 13.9.